The maximum absolute atomic E-state index is 13.3. The van der Waals surface area contributed by atoms with E-state index in [4.69, 9.17) is 11.1 Å². The molecular formula is C27H28N4O3. The van der Waals surface area contributed by atoms with Gasteiger partial charge in [0.05, 0.1) is 6.42 Å². The van der Waals surface area contributed by atoms with Crippen molar-refractivity contribution in [3.8, 4) is 11.1 Å². The third kappa shape index (κ3) is 5.50. The SMILES string of the molecule is N=Cc1c(NCC2CC2)cc(C(=O)Nc2ccccc2CC(=O)O)cc1-c1cccc(CN)c1. The molecule has 7 nitrogen and oxygen atoms in total. The molecule has 0 radical (unpaired) electrons. The molecule has 0 bridgehead atoms. The van der Waals surface area contributed by atoms with Gasteiger partial charge >= 0.3 is 5.97 Å². The lowest BCUT2D eigenvalue weighted by atomic mass is 9.94. The Kier molecular flexibility index (Phi) is 7.04. The molecule has 3 aromatic rings. The Hall–Kier alpha value is -3.97. The van der Waals surface area contributed by atoms with E-state index in [0.717, 1.165) is 28.9 Å². The van der Waals surface area contributed by atoms with E-state index in [1.165, 1.54) is 19.1 Å². The fourth-order valence-electron chi connectivity index (χ4n) is 3.92. The summed E-state index contributed by atoms with van der Waals surface area (Å²) in [7, 11) is 0. The molecular weight excluding hydrogens is 428 g/mol. The number of para-hydroxylation sites is 1. The van der Waals surface area contributed by atoms with E-state index in [1.807, 2.05) is 24.3 Å². The van der Waals surface area contributed by atoms with Crippen molar-refractivity contribution in [3.63, 3.8) is 0 Å². The van der Waals surface area contributed by atoms with Crippen LogP contribution in [0.15, 0.2) is 60.7 Å². The van der Waals surface area contributed by atoms with Crippen LogP contribution in [-0.4, -0.2) is 29.7 Å². The van der Waals surface area contributed by atoms with E-state index in [0.29, 0.717) is 34.8 Å². The molecule has 0 spiro atoms. The van der Waals surface area contributed by atoms with Crippen LogP contribution < -0.4 is 16.4 Å². The van der Waals surface area contributed by atoms with Crippen molar-refractivity contribution in [2.75, 3.05) is 17.2 Å². The number of amides is 1. The highest BCUT2D eigenvalue weighted by Gasteiger charge is 2.22. The molecule has 0 unspecified atom stereocenters. The van der Waals surface area contributed by atoms with E-state index in [9.17, 15) is 14.7 Å². The first-order chi connectivity index (χ1) is 16.5. The number of benzene rings is 3. The number of rotatable bonds is 10. The third-order valence-corrected chi connectivity index (χ3v) is 5.95. The van der Waals surface area contributed by atoms with Crippen LogP contribution in [0.3, 0.4) is 0 Å². The van der Waals surface area contributed by atoms with Gasteiger partial charge in [0.1, 0.15) is 0 Å². The lowest BCUT2D eigenvalue weighted by Gasteiger charge is -2.17. The minimum absolute atomic E-state index is 0.186. The maximum Gasteiger partial charge on any atom is 0.307 e. The molecule has 4 rings (SSSR count). The molecule has 1 saturated carbocycles. The number of nitrogens with one attached hydrogen (secondary N) is 3. The van der Waals surface area contributed by atoms with E-state index >= 15 is 0 Å². The Morgan fingerprint density at radius 2 is 1.85 bits per heavy atom. The average Bonchev–Trinajstić information content (AvgIpc) is 3.67. The van der Waals surface area contributed by atoms with Gasteiger partial charge in [0.15, 0.2) is 0 Å². The minimum Gasteiger partial charge on any atom is -0.481 e. The third-order valence-electron chi connectivity index (χ3n) is 5.95. The fourth-order valence-corrected chi connectivity index (χ4v) is 3.92. The first-order valence-electron chi connectivity index (χ1n) is 11.3. The quantitative estimate of drug-likeness (QED) is 0.287. The van der Waals surface area contributed by atoms with Gasteiger partial charge in [0.25, 0.3) is 5.91 Å². The summed E-state index contributed by atoms with van der Waals surface area (Å²) < 4.78 is 0. The van der Waals surface area contributed by atoms with Crippen LogP contribution in [-0.2, 0) is 17.8 Å². The largest absolute Gasteiger partial charge is 0.481 e. The maximum atomic E-state index is 13.3. The summed E-state index contributed by atoms with van der Waals surface area (Å²) in [6.07, 6.45) is 3.48. The predicted octanol–water partition coefficient (Wildman–Crippen LogP) is 4.51. The molecule has 1 amide bonds. The summed E-state index contributed by atoms with van der Waals surface area (Å²) in [4.78, 5) is 24.5. The molecule has 0 saturated heterocycles. The molecule has 0 aliphatic heterocycles. The first kappa shape index (κ1) is 23.2. The van der Waals surface area contributed by atoms with Crippen molar-refractivity contribution in [3.05, 3.63) is 82.9 Å². The van der Waals surface area contributed by atoms with Crippen LogP contribution >= 0.6 is 0 Å². The summed E-state index contributed by atoms with van der Waals surface area (Å²) in [6, 6.07) is 18.2. The summed E-state index contributed by atoms with van der Waals surface area (Å²) in [6.45, 7) is 1.18. The zero-order valence-electron chi connectivity index (χ0n) is 18.8. The van der Waals surface area contributed by atoms with Crippen LogP contribution in [0.5, 0.6) is 0 Å². The number of carboxylic acid groups (broad SMARTS) is 1. The standard InChI is InChI=1S/C27H28N4O3/c28-14-18-4-3-6-19(10-18)22-11-21(12-25(23(22)15-29)30-16-17-8-9-17)27(34)31-24-7-2-1-5-20(24)13-26(32)33/h1-7,10-12,15,17,29-30H,8-9,13-14,16,28H2,(H,31,34)(H,32,33). The molecule has 1 aliphatic rings. The second kappa shape index (κ2) is 10.3. The molecule has 6 N–H and O–H groups in total. The van der Waals surface area contributed by atoms with Crippen molar-refractivity contribution < 1.29 is 14.7 Å². The number of carbonyl (C=O) groups excluding carboxylic acids is 1. The summed E-state index contributed by atoms with van der Waals surface area (Å²) in [5.74, 6) is -0.700. The Bertz CT molecular complexity index is 1230. The molecule has 0 atom stereocenters. The minimum atomic E-state index is -0.967. The topological polar surface area (TPSA) is 128 Å². The van der Waals surface area contributed by atoms with Crippen molar-refractivity contribution in [1.82, 2.24) is 0 Å². The van der Waals surface area contributed by atoms with Gasteiger partial charge in [-0.05, 0) is 65.3 Å². The van der Waals surface area contributed by atoms with Crippen molar-refractivity contribution in [2.45, 2.75) is 25.8 Å². The number of hydrogen-bond donors (Lipinski definition) is 5. The monoisotopic (exact) mass is 456 g/mol. The summed E-state index contributed by atoms with van der Waals surface area (Å²) >= 11 is 0. The summed E-state index contributed by atoms with van der Waals surface area (Å²) in [5, 5.41) is 23.6. The zero-order valence-corrected chi connectivity index (χ0v) is 18.8. The molecule has 34 heavy (non-hydrogen) atoms. The van der Waals surface area contributed by atoms with Gasteiger partial charge < -0.3 is 26.9 Å². The van der Waals surface area contributed by atoms with E-state index in [-0.39, 0.29) is 12.3 Å². The van der Waals surface area contributed by atoms with E-state index < -0.39 is 5.97 Å². The zero-order chi connectivity index (χ0) is 24.1. The van der Waals surface area contributed by atoms with Gasteiger partial charge in [0, 0.05) is 41.8 Å². The first-order valence-corrected chi connectivity index (χ1v) is 11.3. The van der Waals surface area contributed by atoms with Crippen molar-refractivity contribution in [2.24, 2.45) is 11.7 Å². The lowest BCUT2D eigenvalue weighted by Crippen LogP contribution is -2.16. The molecule has 0 heterocycles. The highest BCUT2D eigenvalue weighted by Crippen LogP contribution is 2.34. The highest BCUT2D eigenvalue weighted by atomic mass is 16.4. The number of aliphatic carboxylic acids is 1. The Balaban J connectivity index is 1.74. The van der Waals surface area contributed by atoms with Crippen LogP contribution in [0.1, 0.15) is 39.9 Å². The molecule has 174 valence electrons. The smallest absolute Gasteiger partial charge is 0.307 e. The van der Waals surface area contributed by atoms with Crippen molar-refractivity contribution >= 4 is 29.5 Å². The number of carbonyl (C=O) groups is 2. The number of hydrogen-bond acceptors (Lipinski definition) is 5. The second-order valence-electron chi connectivity index (χ2n) is 8.54. The van der Waals surface area contributed by atoms with E-state index in [1.54, 1.807) is 36.4 Å². The predicted molar refractivity (Wildman–Crippen MR) is 135 cm³/mol. The fraction of sp³-hybridized carbons (Fsp3) is 0.222. The molecule has 7 heteroatoms. The van der Waals surface area contributed by atoms with E-state index in [2.05, 4.69) is 10.6 Å². The Labute approximate surface area is 198 Å². The van der Waals surface area contributed by atoms with Crippen LogP contribution in [0.25, 0.3) is 11.1 Å². The van der Waals surface area contributed by atoms with Crippen LogP contribution in [0, 0.1) is 11.3 Å². The van der Waals surface area contributed by atoms with Gasteiger partial charge in [0.2, 0.25) is 0 Å². The Morgan fingerprint density at radius 1 is 1.06 bits per heavy atom. The normalized spacial score (nSPS) is 12.7. The highest BCUT2D eigenvalue weighted by molar-refractivity contribution is 6.08. The molecule has 1 fully saturated rings. The van der Waals surface area contributed by atoms with Gasteiger partial charge in [-0.15, -0.1) is 0 Å². The molecule has 3 aromatic carbocycles. The van der Waals surface area contributed by atoms with Crippen LogP contribution in [0.4, 0.5) is 11.4 Å². The average molecular weight is 457 g/mol. The number of anilines is 2. The Morgan fingerprint density at radius 3 is 2.56 bits per heavy atom. The molecule has 0 aromatic heterocycles. The summed E-state index contributed by atoms with van der Waals surface area (Å²) in [5.41, 5.74) is 11.3. The lowest BCUT2D eigenvalue weighted by molar-refractivity contribution is -0.136. The van der Waals surface area contributed by atoms with Gasteiger partial charge in [-0.1, -0.05) is 36.4 Å². The van der Waals surface area contributed by atoms with Gasteiger partial charge in [-0.25, -0.2) is 0 Å². The van der Waals surface area contributed by atoms with Crippen LogP contribution in [0.2, 0.25) is 0 Å². The van der Waals surface area contributed by atoms with Gasteiger partial charge in [-0.3, -0.25) is 9.59 Å². The van der Waals surface area contributed by atoms with Gasteiger partial charge in [-0.2, -0.15) is 0 Å². The molecule has 1 aliphatic carbocycles. The number of nitrogens with two attached hydrogens (primary N) is 1. The van der Waals surface area contributed by atoms with Crippen molar-refractivity contribution in [1.29, 1.82) is 5.41 Å². The number of carboxylic acids is 1. The second-order valence-corrected chi connectivity index (χ2v) is 8.54.